The lowest BCUT2D eigenvalue weighted by Crippen LogP contribution is -2.39. The van der Waals surface area contributed by atoms with Crippen LogP contribution < -0.4 is 5.32 Å². The number of hydrogen-bond donors (Lipinski definition) is 2. The lowest BCUT2D eigenvalue weighted by molar-refractivity contribution is -0.163. The maximum atomic E-state index is 12.7. The van der Waals surface area contributed by atoms with Gasteiger partial charge in [-0.25, -0.2) is 4.79 Å². The minimum Gasteiger partial charge on any atom is -0.463 e. The molecule has 2 N–H and O–H groups in total. The minimum absolute atomic E-state index is 0.315. The second-order valence-corrected chi connectivity index (χ2v) is 5.90. The molecular weight excluding hydrogens is 290 g/mol. The van der Waals surface area contributed by atoms with Crippen LogP contribution in [0, 0.1) is 5.92 Å². The van der Waals surface area contributed by atoms with Crippen molar-refractivity contribution in [1.82, 2.24) is 5.32 Å². The predicted octanol–water partition coefficient (Wildman–Crippen LogP) is 2.08. The Hall–Kier alpha value is -2.17. The number of benzene rings is 2. The molecule has 120 valence electrons. The highest BCUT2D eigenvalue weighted by molar-refractivity contribution is 5.85. The van der Waals surface area contributed by atoms with Gasteiger partial charge in [0.2, 0.25) is 5.60 Å². The summed E-state index contributed by atoms with van der Waals surface area (Å²) in [5.74, 6) is -0.309. The van der Waals surface area contributed by atoms with Crippen LogP contribution in [0.2, 0.25) is 0 Å². The Morgan fingerprint density at radius 1 is 1.09 bits per heavy atom. The quantitative estimate of drug-likeness (QED) is 0.830. The number of rotatable bonds is 5. The molecule has 1 heterocycles. The Labute approximate surface area is 136 Å². The Kier molecular flexibility index (Phi) is 4.74. The fourth-order valence-corrected chi connectivity index (χ4v) is 2.92. The van der Waals surface area contributed by atoms with Crippen LogP contribution in [0.15, 0.2) is 60.7 Å². The zero-order chi connectivity index (χ0) is 16.1. The number of carbonyl (C=O) groups excluding carboxylic acids is 1. The van der Waals surface area contributed by atoms with Gasteiger partial charge in [0.1, 0.15) is 0 Å². The van der Waals surface area contributed by atoms with E-state index in [0.717, 1.165) is 19.5 Å². The van der Waals surface area contributed by atoms with E-state index in [9.17, 15) is 9.90 Å². The average Bonchev–Trinajstić information content (AvgIpc) is 3.14. The van der Waals surface area contributed by atoms with Crippen LogP contribution in [0.4, 0.5) is 0 Å². The number of carbonyl (C=O) groups is 1. The van der Waals surface area contributed by atoms with E-state index in [4.69, 9.17) is 4.74 Å². The van der Waals surface area contributed by atoms with Crippen LogP contribution in [0.1, 0.15) is 17.5 Å². The van der Waals surface area contributed by atoms with E-state index >= 15 is 0 Å². The molecule has 2 aromatic rings. The Morgan fingerprint density at radius 2 is 1.65 bits per heavy atom. The van der Waals surface area contributed by atoms with Crippen LogP contribution >= 0.6 is 0 Å². The molecule has 0 radical (unpaired) electrons. The highest BCUT2D eigenvalue weighted by Crippen LogP contribution is 2.31. The zero-order valence-electron chi connectivity index (χ0n) is 12.9. The van der Waals surface area contributed by atoms with Crippen molar-refractivity contribution >= 4 is 5.97 Å². The van der Waals surface area contributed by atoms with Crippen molar-refractivity contribution in [2.45, 2.75) is 12.0 Å². The topological polar surface area (TPSA) is 58.6 Å². The zero-order valence-corrected chi connectivity index (χ0v) is 12.9. The molecule has 0 amide bonds. The molecule has 1 fully saturated rings. The number of nitrogens with one attached hydrogen (secondary N) is 1. The monoisotopic (exact) mass is 311 g/mol. The highest BCUT2D eigenvalue weighted by atomic mass is 16.5. The van der Waals surface area contributed by atoms with Crippen LogP contribution in [0.5, 0.6) is 0 Å². The molecule has 1 aliphatic heterocycles. The van der Waals surface area contributed by atoms with E-state index in [-0.39, 0.29) is 0 Å². The molecule has 0 bridgehead atoms. The first-order valence-corrected chi connectivity index (χ1v) is 7.92. The van der Waals surface area contributed by atoms with Crippen LogP contribution in [0.3, 0.4) is 0 Å². The lowest BCUT2D eigenvalue weighted by atomic mass is 9.86. The summed E-state index contributed by atoms with van der Waals surface area (Å²) in [5.41, 5.74) is -0.754. The van der Waals surface area contributed by atoms with E-state index in [1.165, 1.54) is 0 Å². The Morgan fingerprint density at radius 3 is 2.13 bits per heavy atom. The Bertz CT molecular complexity index is 597. The number of aliphatic hydroxyl groups is 1. The summed E-state index contributed by atoms with van der Waals surface area (Å²) in [6.45, 7) is 2.13. The van der Waals surface area contributed by atoms with Crippen LogP contribution in [-0.2, 0) is 15.1 Å². The molecule has 0 spiro atoms. The van der Waals surface area contributed by atoms with Gasteiger partial charge in [0.25, 0.3) is 0 Å². The van der Waals surface area contributed by atoms with E-state index < -0.39 is 11.6 Å². The van der Waals surface area contributed by atoms with E-state index in [0.29, 0.717) is 23.7 Å². The molecule has 1 aliphatic rings. The van der Waals surface area contributed by atoms with Crippen molar-refractivity contribution in [3.63, 3.8) is 0 Å². The largest absolute Gasteiger partial charge is 0.463 e. The third kappa shape index (κ3) is 3.28. The van der Waals surface area contributed by atoms with E-state index in [1.807, 2.05) is 12.1 Å². The number of esters is 1. The second kappa shape index (κ2) is 6.94. The van der Waals surface area contributed by atoms with Crippen LogP contribution in [0.25, 0.3) is 0 Å². The molecule has 4 heteroatoms. The lowest BCUT2D eigenvalue weighted by Gasteiger charge is -2.27. The summed E-state index contributed by atoms with van der Waals surface area (Å²) >= 11 is 0. The van der Waals surface area contributed by atoms with Gasteiger partial charge in [-0.2, -0.15) is 0 Å². The van der Waals surface area contributed by atoms with Crippen molar-refractivity contribution in [1.29, 1.82) is 0 Å². The SMILES string of the molecule is O=C(OCC1CCNC1)C(O)(c1ccccc1)c1ccccc1. The summed E-state index contributed by atoms with van der Waals surface area (Å²) in [4.78, 5) is 12.7. The molecule has 23 heavy (non-hydrogen) atoms. The molecule has 1 unspecified atom stereocenters. The standard InChI is InChI=1S/C19H21NO3/c21-18(23-14-15-11-12-20-13-15)19(22,16-7-3-1-4-8-16)17-9-5-2-6-10-17/h1-10,15,20,22H,11-14H2. The Balaban J connectivity index is 1.87. The van der Waals surface area contributed by atoms with Crippen LogP contribution in [-0.4, -0.2) is 30.8 Å². The van der Waals surface area contributed by atoms with Gasteiger partial charge in [-0.3, -0.25) is 0 Å². The normalized spacial score (nSPS) is 17.9. The number of hydrogen-bond acceptors (Lipinski definition) is 4. The molecule has 1 atom stereocenters. The highest BCUT2D eigenvalue weighted by Gasteiger charge is 2.41. The van der Waals surface area contributed by atoms with Crippen molar-refractivity contribution < 1.29 is 14.6 Å². The molecule has 0 aliphatic carbocycles. The molecule has 0 saturated carbocycles. The van der Waals surface area contributed by atoms with Gasteiger partial charge in [0, 0.05) is 12.5 Å². The average molecular weight is 311 g/mol. The van der Waals surface area contributed by atoms with Crippen molar-refractivity contribution in [3.8, 4) is 0 Å². The van der Waals surface area contributed by atoms with Gasteiger partial charge in [-0.1, -0.05) is 60.7 Å². The first-order valence-electron chi connectivity index (χ1n) is 7.92. The summed E-state index contributed by atoms with van der Waals surface area (Å²) in [5, 5.41) is 14.5. The van der Waals surface area contributed by atoms with Gasteiger partial charge in [-0.15, -0.1) is 0 Å². The summed E-state index contributed by atoms with van der Waals surface area (Å²) < 4.78 is 5.47. The summed E-state index contributed by atoms with van der Waals surface area (Å²) in [6, 6.07) is 17.9. The molecular formula is C19H21NO3. The molecule has 2 aromatic carbocycles. The molecule has 4 nitrogen and oxygen atoms in total. The number of ether oxygens (including phenoxy) is 1. The van der Waals surface area contributed by atoms with Crippen molar-refractivity contribution in [2.24, 2.45) is 5.92 Å². The van der Waals surface area contributed by atoms with Gasteiger partial charge in [-0.05, 0) is 24.1 Å². The fraction of sp³-hybridized carbons (Fsp3) is 0.316. The first kappa shape index (κ1) is 15.7. The van der Waals surface area contributed by atoms with Gasteiger partial charge in [0.05, 0.1) is 6.61 Å². The first-order chi connectivity index (χ1) is 11.2. The summed E-state index contributed by atoms with van der Waals surface area (Å²) in [7, 11) is 0. The minimum atomic E-state index is -1.78. The molecule has 0 aromatic heterocycles. The molecule has 3 rings (SSSR count). The van der Waals surface area contributed by atoms with Gasteiger partial charge < -0.3 is 15.2 Å². The molecule has 1 saturated heterocycles. The van der Waals surface area contributed by atoms with Gasteiger partial charge >= 0.3 is 5.97 Å². The third-order valence-corrected chi connectivity index (χ3v) is 4.29. The van der Waals surface area contributed by atoms with E-state index in [1.54, 1.807) is 48.5 Å². The second-order valence-electron chi connectivity index (χ2n) is 5.90. The third-order valence-electron chi connectivity index (χ3n) is 4.29. The summed E-state index contributed by atoms with van der Waals surface area (Å²) in [6.07, 6.45) is 0.988. The van der Waals surface area contributed by atoms with Gasteiger partial charge in [0.15, 0.2) is 0 Å². The predicted molar refractivity (Wildman–Crippen MR) is 87.8 cm³/mol. The maximum absolute atomic E-state index is 12.7. The smallest absolute Gasteiger partial charge is 0.347 e. The van der Waals surface area contributed by atoms with Crippen molar-refractivity contribution in [2.75, 3.05) is 19.7 Å². The maximum Gasteiger partial charge on any atom is 0.347 e. The van der Waals surface area contributed by atoms with Crippen molar-refractivity contribution in [3.05, 3.63) is 71.8 Å². The fourth-order valence-electron chi connectivity index (χ4n) is 2.92. The van der Waals surface area contributed by atoms with E-state index in [2.05, 4.69) is 5.32 Å².